The Hall–Kier alpha value is -2.86. The smallest absolute Gasteiger partial charge is 0.244 e. The van der Waals surface area contributed by atoms with Crippen LogP contribution in [-0.4, -0.2) is 53.9 Å². The third-order valence-corrected chi connectivity index (χ3v) is 8.93. The molecule has 0 bridgehead atoms. The first-order valence-corrected chi connectivity index (χ1v) is 13.5. The first kappa shape index (κ1) is 24.8. The van der Waals surface area contributed by atoms with Crippen LogP contribution in [0.2, 0.25) is 5.02 Å². The topological polar surface area (TPSA) is 82.2 Å². The van der Waals surface area contributed by atoms with E-state index in [1.807, 2.05) is 0 Å². The number of imidazole rings is 1. The third kappa shape index (κ3) is 4.75. The fraction of sp³-hybridized carbons (Fsp3) is 0.167. The molecule has 5 rings (SSSR count). The Morgan fingerprint density at radius 2 is 1.69 bits per heavy atom. The lowest BCUT2D eigenvalue weighted by Gasteiger charge is -2.34. The fourth-order valence-electron chi connectivity index (χ4n) is 4.02. The van der Waals surface area contributed by atoms with Gasteiger partial charge in [0.15, 0.2) is 11.6 Å². The number of piperazine rings is 1. The molecule has 1 aliphatic rings. The molecular weight excluding hydrogens is 576 g/mol. The van der Waals surface area contributed by atoms with Gasteiger partial charge in [-0.15, -0.1) is 0 Å². The molecule has 0 spiro atoms. The van der Waals surface area contributed by atoms with Gasteiger partial charge in [0.1, 0.15) is 16.5 Å². The highest BCUT2D eigenvalue weighted by molar-refractivity contribution is 9.10. The summed E-state index contributed by atoms with van der Waals surface area (Å²) in [7, 11) is -3.93. The summed E-state index contributed by atoms with van der Waals surface area (Å²) >= 11 is 9.45. The second kappa shape index (κ2) is 9.89. The molecule has 0 aliphatic carbocycles. The summed E-state index contributed by atoms with van der Waals surface area (Å²) in [5, 5.41) is 0.0821. The Balaban J connectivity index is 1.38. The average Bonchev–Trinajstić information content (AvgIpc) is 3.37. The molecule has 12 heteroatoms. The van der Waals surface area contributed by atoms with E-state index < -0.39 is 21.7 Å². The fourth-order valence-corrected chi connectivity index (χ4v) is 6.19. The van der Waals surface area contributed by atoms with Crippen LogP contribution < -0.4 is 4.90 Å². The zero-order valence-electron chi connectivity index (χ0n) is 18.6. The number of hydrogen-bond acceptors (Lipinski definition) is 5. The Kier molecular flexibility index (Phi) is 6.82. The van der Waals surface area contributed by atoms with Crippen LogP contribution in [0.25, 0.3) is 22.6 Å². The van der Waals surface area contributed by atoms with E-state index in [1.165, 1.54) is 40.8 Å². The molecule has 3 heterocycles. The maximum Gasteiger partial charge on any atom is 0.244 e. The van der Waals surface area contributed by atoms with E-state index >= 15 is 0 Å². The molecule has 1 saturated heterocycles. The van der Waals surface area contributed by atoms with Crippen LogP contribution in [0, 0.1) is 11.6 Å². The molecule has 2 aromatic heterocycles. The minimum atomic E-state index is -3.93. The third-order valence-electron chi connectivity index (χ3n) is 5.91. The number of hydrogen-bond donors (Lipinski definition) is 1. The van der Waals surface area contributed by atoms with Crippen LogP contribution in [0.5, 0.6) is 0 Å². The van der Waals surface area contributed by atoms with Crippen molar-refractivity contribution in [1.29, 1.82) is 0 Å². The highest BCUT2D eigenvalue weighted by Crippen LogP contribution is 2.32. The lowest BCUT2D eigenvalue weighted by Crippen LogP contribution is -2.49. The van der Waals surface area contributed by atoms with Gasteiger partial charge in [-0.1, -0.05) is 17.7 Å². The Labute approximate surface area is 219 Å². The molecule has 7 nitrogen and oxygen atoms in total. The number of rotatable bonds is 5. The zero-order chi connectivity index (χ0) is 25.4. The molecule has 4 aromatic rings. The summed E-state index contributed by atoms with van der Waals surface area (Å²) in [6, 6.07) is 12.2. The van der Waals surface area contributed by atoms with E-state index in [0.717, 1.165) is 0 Å². The lowest BCUT2D eigenvalue weighted by molar-refractivity contribution is 0.382. The Morgan fingerprint density at radius 1 is 0.944 bits per heavy atom. The van der Waals surface area contributed by atoms with Crippen LogP contribution in [-0.2, 0) is 10.0 Å². The predicted molar refractivity (Wildman–Crippen MR) is 137 cm³/mol. The number of nitrogens with zero attached hydrogens (tertiary/aromatic N) is 4. The molecule has 1 aliphatic heterocycles. The summed E-state index contributed by atoms with van der Waals surface area (Å²) in [4.78, 5) is 13.2. The number of nitrogens with one attached hydrogen (secondary N) is 1. The number of benzene rings is 2. The van der Waals surface area contributed by atoms with Gasteiger partial charge in [0.2, 0.25) is 10.0 Å². The average molecular weight is 595 g/mol. The van der Waals surface area contributed by atoms with Gasteiger partial charge in [0.05, 0.1) is 21.4 Å². The predicted octanol–water partition coefficient (Wildman–Crippen LogP) is 5.34. The molecule has 0 amide bonds. The molecule has 0 unspecified atom stereocenters. The van der Waals surface area contributed by atoms with Crippen molar-refractivity contribution in [1.82, 2.24) is 19.3 Å². The molecule has 0 atom stereocenters. The van der Waals surface area contributed by atoms with Crippen LogP contribution in [0.4, 0.5) is 14.6 Å². The van der Waals surface area contributed by atoms with Crippen molar-refractivity contribution in [3.05, 3.63) is 82.1 Å². The van der Waals surface area contributed by atoms with Crippen LogP contribution in [0.15, 0.2) is 70.3 Å². The summed E-state index contributed by atoms with van der Waals surface area (Å²) in [5.74, 6) is -0.242. The maximum absolute atomic E-state index is 14.1. The first-order chi connectivity index (χ1) is 17.2. The lowest BCUT2D eigenvalue weighted by atomic mass is 10.2. The molecule has 0 radical (unpaired) electrons. The molecule has 1 N–H and O–H groups in total. The number of aromatic amines is 1. The SMILES string of the molecule is O=S(=O)(c1cc(-c2ncc(-c3ccc(Br)c(F)c3)[nH]2)ccc1Cl)N1CCN(c2ncccc2F)CC1. The van der Waals surface area contributed by atoms with E-state index in [9.17, 15) is 17.2 Å². The molecule has 36 heavy (non-hydrogen) atoms. The summed E-state index contributed by atoms with van der Waals surface area (Å²) in [6.45, 7) is 0.878. The minimum absolute atomic E-state index is 0.0493. The highest BCUT2D eigenvalue weighted by Gasteiger charge is 2.31. The van der Waals surface area contributed by atoms with Crippen LogP contribution in [0.3, 0.4) is 0 Å². The van der Waals surface area contributed by atoms with E-state index in [4.69, 9.17) is 11.6 Å². The second-order valence-electron chi connectivity index (χ2n) is 8.12. The minimum Gasteiger partial charge on any atom is -0.352 e. The molecule has 0 saturated carbocycles. The van der Waals surface area contributed by atoms with Gasteiger partial charge >= 0.3 is 0 Å². The van der Waals surface area contributed by atoms with Gasteiger partial charge in [-0.2, -0.15) is 4.31 Å². The normalized spacial score (nSPS) is 14.8. The summed E-state index contributed by atoms with van der Waals surface area (Å²) in [5.41, 5.74) is 1.68. The highest BCUT2D eigenvalue weighted by atomic mass is 79.9. The van der Waals surface area contributed by atoms with Crippen molar-refractivity contribution in [3.63, 3.8) is 0 Å². The van der Waals surface area contributed by atoms with Crippen LogP contribution >= 0.6 is 27.5 Å². The van der Waals surface area contributed by atoms with Gasteiger partial charge in [-0.3, -0.25) is 0 Å². The monoisotopic (exact) mass is 593 g/mol. The molecule has 186 valence electrons. The van der Waals surface area contributed by atoms with Crippen molar-refractivity contribution < 1.29 is 17.2 Å². The van der Waals surface area contributed by atoms with Crippen LogP contribution in [0.1, 0.15) is 0 Å². The molecular formula is C24H19BrClF2N5O2S. The quantitative estimate of drug-likeness (QED) is 0.337. The number of H-pyrrole nitrogens is 1. The van der Waals surface area contributed by atoms with E-state index in [-0.39, 0.29) is 41.9 Å². The standard InChI is InChI=1S/C24H19BrClF2N5O2S/c25-17-5-3-15(12-20(17)28)21-14-30-23(31-21)16-4-6-18(26)22(13-16)36(34,35)33-10-8-32(9-11-33)24-19(27)2-1-7-29-24/h1-7,12-14H,8-11H2,(H,30,31). The number of aromatic nitrogens is 3. The summed E-state index contributed by atoms with van der Waals surface area (Å²) < 4.78 is 56.6. The van der Waals surface area contributed by atoms with Gasteiger partial charge in [-0.25, -0.2) is 27.2 Å². The number of pyridine rings is 1. The molecule has 2 aromatic carbocycles. The number of halogens is 4. The second-order valence-corrected chi connectivity index (χ2v) is 11.3. The van der Waals surface area contributed by atoms with Gasteiger partial charge in [0, 0.05) is 43.5 Å². The Morgan fingerprint density at radius 3 is 2.42 bits per heavy atom. The maximum atomic E-state index is 14.1. The van der Waals surface area contributed by atoms with Gasteiger partial charge in [-0.05, 0) is 58.4 Å². The van der Waals surface area contributed by atoms with E-state index in [2.05, 4.69) is 30.9 Å². The first-order valence-electron chi connectivity index (χ1n) is 10.9. The van der Waals surface area contributed by atoms with Crippen molar-refractivity contribution in [3.8, 4) is 22.6 Å². The molecule has 1 fully saturated rings. The number of sulfonamides is 1. The largest absolute Gasteiger partial charge is 0.352 e. The van der Waals surface area contributed by atoms with Crippen molar-refractivity contribution >= 4 is 43.4 Å². The zero-order valence-corrected chi connectivity index (χ0v) is 21.8. The van der Waals surface area contributed by atoms with E-state index in [1.54, 1.807) is 29.3 Å². The summed E-state index contributed by atoms with van der Waals surface area (Å²) in [6.07, 6.45) is 3.05. The van der Waals surface area contributed by atoms with Gasteiger partial charge < -0.3 is 9.88 Å². The van der Waals surface area contributed by atoms with Crippen molar-refractivity contribution in [2.24, 2.45) is 0 Å². The van der Waals surface area contributed by atoms with Crippen molar-refractivity contribution in [2.45, 2.75) is 4.90 Å². The van der Waals surface area contributed by atoms with Crippen molar-refractivity contribution in [2.75, 3.05) is 31.1 Å². The van der Waals surface area contributed by atoms with E-state index in [0.29, 0.717) is 27.1 Å². The Bertz CT molecular complexity index is 1540. The number of anilines is 1. The van der Waals surface area contributed by atoms with Gasteiger partial charge in [0.25, 0.3) is 0 Å².